The van der Waals surface area contributed by atoms with E-state index < -0.39 is 10.0 Å². The molecule has 0 saturated carbocycles. The van der Waals surface area contributed by atoms with Crippen LogP contribution in [0, 0.1) is 5.92 Å². The molecule has 1 aromatic heterocycles. The molecule has 0 spiro atoms. The van der Waals surface area contributed by atoms with Crippen LogP contribution in [0.15, 0.2) is 52.0 Å². The topological polar surface area (TPSA) is 82.9 Å². The van der Waals surface area contributed by atoms with Crippen LogP contribution in [-0.2, 0) is 10.0 Å². The number of Topliss-reactive ketones (excluding diaryl/α,β-unsaturated/α-hetero) is 1. The molecule has 1 N–H and O–H groups in total. The van der Waals surface area contributed by atoms with Gasteiger partial charge < -0.3 is 9.73 Å². The average molecular weight is 434 g/mol. The van der Waals surface area contributed by atoms with Crippen molar-refractivity contribution in [2.24, 2.45) is 5.92 Å². The van der Waals surface area contributed by atoms with Crippen molar-refractivity contribution in [3.63, 3.8) is 0 Å². The van der Waals surface area contributed by atoms with E-state index in [1.807, 2.05) is 31.1 Å². The molecule has 0 radical (unpaired) electrons. The van der Waals surface area contributed by atoms with E-state index in [2.05, 4.69) is 12.2 Å². The summed E-state index contributed by atoms with van der Waals surface area (Å²) < 4.78 is 33.0. The molecular weight excluding hydrogens is 402 g/mol. The van der Waals surface area contributed by atoms with Crippen molar-refractivity contribution < 1.29 is 17.6 Å². The van der Waals surface area contributed by atoms with Gasteiger partial charge in [-0.25, -0.2) is 8.42 Å². The van der Waals surface area contributed by atoms with Gasteiger partial charge in [0.2, 0.25) is 10.0 Å². The third-order valence-corrected chi connectivity index (χ3v) is 7.39. The number of rotatable bonds is 9. The number of ketones is 1. The fraction of sp³-hybridized carbons (Fsp3) is 0.500. The molecule has 0 amide bonds. The maximum Gasteiger partial charge on any atom is 0.243 e. The number of hydrogen-bond donors (Lipinski definition) is 1. The Morgan fingerprint density at radius 1 is 1.30 bits per heavy atom. The van der Waals surface area contributed by atoms with Crippen molar-refractivity contribution in [1.29, 1.82) is 0 Å². The Kier molecular flexibility index (Phi) is 7.46. The van der Waals surface area contributed by atoms with Gasteiger partial charge in [-0.1, -0.05) is 19.1 Å². The normalized spacial score (nSPS) is 19.1. The molecule has 0 aliphatic carbocycles. The summed E-state index contributed by atoms with van der Waals surface area (Å²) >= 11 is 0. The fourth-order valence-corrected chi connectivity index (χ4v) is 5.43. The van der Waals surface area contributed by atoms with Gasteiger partial charge in [0.15, 0.2) is 5.78 Å². The Bertz CT molecular complexity index is 941. The SMILES string of the molecule is CC1CCCN(S(=O)(=O)c2cccc(C(=O)CNCC(c3ccco3)N(C)C)c2)C1. The van der Waals surface area contributed by atoms with Gasteiger partial charge in [0, 0.05) is 25.2 Å². The van der Waals surface area contributed by atoms with Crippen molar-refractivity contribution in [2.75, 3.05) is 40.3 Å². The van der Waals surface area contributed by atoms with Gasteiger partial charge in [0.1, 0.15) is 5.76 Å². The Balaban J connectivity index is 1.64. The first kappa shape index (κ1) is 22.7. The van der Waals surface area contributed by atoms with E-state index in [9.17, 15) is 13.2 Å². The van der Waals surface area contributed by atoms with Crippen LogP contribution in [0.1, 0.15) is 41.9 Å². The van der Waals surface area contributed by atoms with Crippen LogP contribution in [0.4, 0.5) is 0 Å². The van der Waals surface area contributed by atoms with Crippen molar-refractivity contribution >= 4 is 15.8 Å². The number of likely N-dealkylation sites (N-methyl/N-ethyl adjacent to an activating group) is 1. The standard InChI is InChI=1S/C22H31N3O4S/c1-17-7-5-11-25(16-17)30(27,28)19-9-4-8-18(13-19)21(26)15-23-14-20(24(2)3)22-10-6-12-29-22/h4,6,8-10,12-13,17,20,23H,5,7,11,14-16H2,1-3H3. The quantitative estimate of drug-likeness (QED) is 0.613. The predicted molar refractivity (Wildman–Crippen MR) is 116 cm³/mol. The van der Waals surface area contributed by atoms with E-state index in [-0.39, 0.29) is 23.3 Å². The van der Waals surface area contributed by atoms with Crippen LogP contribution in [-0.4, -0.2) is 63.7 Å². The lowest BCUT2D eigenvalue weighted by atomic mass is 10.0. The lowest BCUT2D eigenvalue weighted by Gasteiger charge is -2.30. The second kappa shape index (κ2) is 9.87. The molecule has 8 heteroatoms. The molecule has 7 nitrogen and oxygen atoms in total. The molecular formula is C22H31N3O4S. The first-order chi connectivity index (χ1) is 14.3. The zero-order valence-electron chi connectivity index (χ0n) is 17.9. The van der Waals surface area contributed by atoms with Crippen molar-refractivity contribution in [1.82, 2.24) is 14.5 Å². The Morgan fingerprint density at radius 3 is 2.77 bits per heavy atom. The summed E-state index contributed by atoms with van der Waals surface area (Å²) in [6, 6.07) is 10.1. The van der Waals surface area contributed by atoms with Crippen LogP contribution in [0.2, 0.25) is 0 Å². The van der Waals surface area contributed by atoms with Gasteiger partial charge in [-0.3, -0.25) is 9.69 Å². The summed E-state index contributed by atoms with van der Waals surface area (Å²) in [5.41, 5.74) is 0.396. The van der Waals surface area contributed by atoms with E-state index in [1.165, 1.54) is 10.4 Å². The molecule has 164 valence electrons. The number of sulfonamides is 1. The van der Waals surface area contributed by atoms with Gasteiger partial charge in [0.25, 0.3) is 0 Å². The Hall–Kier alpha value is -2.00. The molecule has 2 aromatic rings. The zero-order valence-corrected chi connectivity index (χ0v) is 18.7. The monoisotopic (exact) mass is 433 g/mol. The third kappa shape index (κ3) is 5.37. The van der Waals surface area contributed by atoms with Crippen molar-refractivity contribution in [3.8, 4) is 0 Å². The fourth-order valence-electron chi connectivity index (χ4n) is 3.79. The molecule has 0 bridgehead atoms. The summed E-state index contributed by atoms with van der Waals surface area (Å²) in [5.74, 6) is 1.03. The van der Waals surface area contributed by atoms with Gasteiger partial charge in [0.05, 0.1) is 23.7 Å². The maximum atomic E-state index is 13.0. The molecule has 3 rings (SSSR count). The number of nitrogens with one attached hydrogen (secondary N) is 1. The zero-order chi connectivity index (χ0) is 21.7. The van der Waals surface area contributed by atoms with Crippen LogP contribution in [0.25, 0.3) is 0 Å². The predicted octanol–water partition coefficient (Wildman–Crippen LogP) is 2.78. The second-order valence-corrected chi connectivity index (χ2v) is 10.1. The highest BCUT2D eigenvalue weighted by atomic mass is 32.2. The first-order valence-electron chi connectivity index (χ1n) is 10.3. The molecule has 30 heavy (non-hydrogen) atoms. The highest BCUT2D eigenvalue weighted by Crippen LogP contribution is 2.24. The van der Waals surface area contributed by atoms with Crippen molar-refractivity contribution in [3.05, 3.63) is 54.0 Å². The average Bonchev–Trinajstić information content (AvgIpc) is 3.25. The smallest absolute Gasteiger partial charge is 0.243 e. The molecule has 1 aliphatic heterocycles. The van der Waals surface area contributed by atoms with Gasteiger partial charge in [-0.2, -0.15) is 4.31 Å². The first-order valence-corrected chi connectivity index (χ1v) is 11.8. The molecule has 2 unspecified atom stereocenters. The van der Waals surface area contributed by atoms with Gasteiger partial charge in [-0.15, -0.1) is 0 Å². The largest absolute Gasteiger partial charge is 0.468 e. The molecule has 2 atom stereocenters. The second-order valence-electron chi connectivity index (χ2n) is 8.19. The van der Waals surface area contributed by atoms with Gasteiger partial charge >= 0.3 is 0 Å². The van der Waals surface area contributed by atoms with Crippen LogP contribution < -0.4 is 5.32 Å². The minimum absolute atomic E-state index is 0.000559. The highest BCUT2D eigenvalue weighted by molar-refractivity contribution is 7.89. The van der Waals surface area contributed by atoms with E-state index in [0.717, 1.165) is 18.6 Å². The van der Waals surface area contributed by atoms with Gasteiger partial charge in [-0.05, 0) is 57.1 Å². The molecule has 1 aliphatic rings. The van der Waals surface area contributed by atoms with Crippen LogP contribution in [0.5, 0.6) is 0 Å². The summed E-state index contributed by atoms with van der Waals surface area (Å²) in [6.45, 7) is 3.79. The lowest BCUT2D eigenvalue weighted by molar-refractivity contribution is 0.0987. The number of hydrogen-bond acceptors (Lipinski definition) is 6. The van der Waals surface area contributed by atoms with E-state index in [1.54, 1.807) is 24.5 Å². The Labute approximate surface area is 179 Å². The van der Waals surface area contributed by atoms with E-state index in [4.69, 9.17) is 4.42 Å². The van der Waals surface area contributed by atoms with E-state index >= 15 is 0 Å². The molecule has 1 aromatic carbocycles. The Morgan fingerprint density at radius 2 is 2.10 bits per heavy atom. The summed E-state index contributed by atoms with van der Waals surface area (Å²) in [5, 5.41) is 3.17. The summed E-state index contributed by atoms with van der Waals surface area (Å²) in [6.07, 6.45) is 3.54. The number of benzene rings is 1. The maximum absolute atomic E-state index is 13.0. The molecule has 1 fully saturated rings. The lowest BCUT2D eigenvalue weighted by Crippen LogP contribution is -2.39. The van der Waals surface area contributed by atoms with Crippen LogP contribution >= 0.6 is 0 Å². The number of nitrogens with zero attached hydrogens (tertiary/aromatic N) is 2. The van der Waals surface area contributed by atoms with Crippen molar-refractivity contribution in [2.45, 2.75) is 30.7 Å². The molecule has 2 heterocycles. The number of carbonyl (C=O) groups is 1. The number of furan rings is 1. The third-order valence-electron chi connectivity index (χ3n) is 5.53. The van der Waals surface area contributed by atoms with E-state index in [0.29, 0.717) is 31.1 Å². The highest BCUT2D eigenvalue weighted by Gasteiger charge is 2.29. The number of piperidine rings is 1. The summed E-state index contributed by atoms with van der Waals surface area (Å²) in [4.78, 5) is 14.9. The summed E-state index contributed by atoms with van der Waals surface area (Å²) in [7, 11) is 0.318. The minimum Gasteiger partial charge on any atom is -0.468 e. The minimum atomic E-state index is -3.58. The van der Waals surface area contributed by atoms with Crippen LogP contribution in [0.3, 0.4) is 0 Å². The molecule has 1 saturated heterocycles. The number of carbonyl (C=O) groups excluding carboxylic acids is 1.